The van der Waals surface area contributed by atoms with Crippen LogP contribution in [0.4, 0.5) is 0 Å². The maximum Gasteiger partial charge on any atom is 0.119 e. The molecule has 0 aliphatic rings. The van der Waals surface area contributed by atoms with Gasteiger partial charge in [0, 0.05) is 11.1 Å². The quantitative estimate of drug-likeness (QED) is 0.174. The van der Waals surface area contributed by atoms with Crippen molar-refractivity contribution in [3.8, 4) is 17.6 Å². The number of rotatable bonds is 14. The van der Waals surface area contributed by atoms with Crippen LogP contribution in [0.3, 0.4) is 0 Å². The van der Waals surface area contributed by atoms with Gasteiger partial charge in [-0.25, -0.2) is 0 Å². The smallest absolute Gasteiger partial charge is 0.119 e. The number of fused-ring (bicyclic) bond motifs is 1. The third kappa shape index (κ3) is 9.26. The lowest BCUT2D eigenvalue weighted by molar-refractivity contribution is 0.305. The topological polar surface area (TPSA) is 9.23 Å². The van der Waals surface area contributed by atoms with Crippen LogP contribution in [0.5, 0.6) is 5.75 Å². The molecule has 0 aliphatic carbocycles. The van der Waals surface area contributed by atoms with Crippen molar-refractivity contribution in [2.75, 3.05) is 6.61 Å². The highest BCUT2D eigenvalue weighted by atomic mass is 16.5. The van der Waals surface area contributed by atoms with Crippen molar-refractivity contribution >= 4 is 10.8 Å². The standard InChI is InChI=1S/C33H42O/c1-3-5-7-9-10-12-14-28-15-17-29(18-16-28)19-20-30-21-22-32-27-33(24-23-31(32)26-30)34-25-13-11-8-6-4-2/h15-18,21-24,26-27H,3-14,25H2,1-2H3. The van der Waals surface area contributed by atoms with Crippen molar-refractivity contribution in [3.05, 3.63) is 77.4 Å². The normalized spacial score (nSPS) is 10.8. The van der Waals surface area contributed by atoms with Crippen LogP contribution >= 0.6 is 0 Å². The molecule has 0 fully saturated rings. The fourth-order valence-electron chi connectivity index (χ4n) is 4.30. The second kappa shape index (κ2) is 15.2. The first-order chi connectivity index (χ1) is 16.8. The second-order valence-corrected chi connectivity index (χ2v) is 9.45. The fraction of sp³-hybridized carbons (Fsp3) is 0.455. The lowest BCUT2D eigenvalue weighted by atomic mass is 10.0. The molecule has 0 amide bonds. The molecule has 0 saturated heterocycles. The molecule has 0 aromatic heterocycles. The molecule has 0 atom stereocenters. The van der Waals surface area contributed by atoms with Gasteiger partial charge >= 0.3 is 0 Å². The molecule has 1 nitrogen and oxygen atoms in total. The molecule has 0 heterocycles. The molecule has 0 bridgehead atoms. The average Bonchev–Trinajstić information content (AvgIpc) is 2.87. The first-order valence-electron chi connectivity index (χ1n) is 13.6. The van der Waals surface area contributed by atoms with E-state index in [0.29, 0.717) is 0 Å². The lowest BCUT2D eigenvalue weighted by Gasteiger charge is -2.07. The number of hydrogen-bond acceptors (Lipinski definition) is 1. The molecule has 34 heavy (non-hydrogen) atoms. The first-order valence-corrected chi connectivity index (χ1v) is 13.6. The van der Waals surface area contributed by atoms with Gasteiger partial charge in [0.15, 0.2) is 0 Å². The lowest BCUT2D eigenvalue weighted by Crippen LogP contribution is -1.97. The van der Waals surface area contributed by atoms with Crippen LogP contribution < -0.4 is 4.74 Å². The summed E-state index contributed by atoms with van der Waals surface area (Å²) in [5.74, 6) is 7.63. The van der Waals surface area contributed by atoms with Crippen molar-refractivity contribution in [1.82, 2.24) is 0 Å². The zero-order valence-electron chi connectivity index (χ0n) is 21.4. The van der Waals surface area contributed by atoms with Gasteiger partial charge in [0.1, 0.15) is 5.75 Å². The molecule has 0 radical (unpaired) electrons. The van der Waals surface area contributed by atoms with Gasteiger partial charge in [-0.1, -0.05) is 108 Å². The zero-order valence-corrected chi connectivity index (χ0v) is 21.4. The Morgan fingerprint density at radius 2 is 1.15 bits per heavy atom. The van der Waals surface area contributed by atoms with Crippen LogP contribution in [-0.2, 0) is 6.42 Å². The number of ether oxygens (including phenoxy) is 1. The van der Waals surface area contributed by atoms with E-state index in [4.69, 9.17) is 4.74 Å². The predicted molar refractivity (Wildman–Crippen MR) is 148 cm³/mol. The van der Waals surface area contributed by atoms with Crippen LogP contribution in [0.25, 0.3) is 10.8 Å². The fourth-order valence-corrected chi connectivity index (χ4v) is 4.30. The summed E-state index contributed by atoms with van der Waals surface area (Å²) >= 11 is 0. The summed E-state index contributed by atoms with van der Waals surface area (Å²) in [7, 11) is 0. The Kier molecular flexibility index (Phi) is 11.6. The highest BCUT2D eigenvalue weighted by Crippen LogP contribution is 2.22. The molecule has 0 N–H and O–H groups in total. The Hall–Kier alpha value is -2.72. The van der Waals surface area contributed by atoms with E-state index in [2.05, 4.69) is 86.4 Å². The molecule has 3 aromatic carbocycles. The van der Waals surface area contributed by atoms with Gasteiger partial charge in [0.25, 0.3) is 0 Å². The Morgan fingerprint density at radius 3 is 1.91 bits per heavy atom. The van der Waals surface area contributed by atoms with E-state index in [9.17, 15) is 0 Å². The van der Waals surface area contributed by atoms with Crippen molar-refractivity contribution in [2.45, 2.75) is 90.9 Å². The third-order valence-corrected chi connectivity index (χ3v) is 6.45. The van der Waals surface area contributed by atoms with E-state index in [-0.39, 0.29) is 0 Å². The highest BCUT2D eigenvalue weighted by molar-refractivity contribution is 5.85. The number of hydrogen-bond donors (Lipinski definition) is 0. The Bertz CT molecular complexity index is 1040. The van der Waals surface area contributed by atoms with Crippen LogP contribution in [-0.4, -0.2) is 6.61 Å². The molecule has 3 rings (SSSR count). The summed E-state index contributed by atoms with van der Waals surface area (Å²) in [6, 6.07) is 21.6. The van der Waals surface area contributed by atoms with Gasteiger partial charge in [0.05, 0.1) is 6.61 Å². The Morgan fingerprint density at radius 1 is 0.559 bits per heavy atom. The monoisotopic (exact) mass is 454 g/mol. The minimum absolute atomic E-state index is 0.802. The van der Waals surface area contributed by atoms with Crippen molar-refractivity contribution in [1.29, 1.82) is 0 Å². The molecule has 3 aromatic rings. The van der Waals surface area contributed by atoms with E-state index in [0.717, 1.165) is 29.9 Å². The van der Waals surface area contributed by atoms with Gasteiger partial charge in [-0.3, -0.25) is 0 Å². The van der Waals surface area contributed by atoms with E-state index in [1.165, 1.54) is 87.0 Å². The predicted octanol–water partition coefficient (Wildman–Crippen LogP) is 9.49. The average molecular weight is 455 g/mol. The number of aryl methyl sites for hydroxylation is 1. The Labute approximate surface area is 207 Å². The van der Waals surface area contributed by atoms with Crippen LogP contribution in [0.1, 0.15) is 101 Å². The highest BCUT2D eigenvalue weighted by Gasteiger charge is 2.00. The van der Waals surface area contributed by atoms with E-state index in [1.807, 2.05) is 0 Å². The molecule has 0 unspecified atom stereocenters. The summed E-state index contributed by atoms with van der Waals surface area (Å²) in [6.45, 7) is 5.32. The van der Waals surface area contributed by atoms with Gasteiger partial charge in [-0.15, -0.1) is 0 Å². The molecule has 1 heteroatoms. The van der Waals surface area contributed by atoms with Crippen LogP contribution in [0.2, 0.25) is 0 Å². The zero-order chi connectivity index (χ0) is 23.8. The van der Waals surface area contributed by atoms with Crippen LogP contribution in [0, 0.1) is 11.8 Å². The van der Waals surface area contributed by atoms with Gasteiger partial charge in [0.2, 0.25) is 0 Å². The van der Waals surface area contributed by atoms with Gasteiger partial charge < -0.3 is 4.74 Å². The van der Waals surface area contributed by atoms with Crippen molar-refractivity contribution < 1.29 is 4.74 Å². The minimum Gasteiger partial charge on any atom is -0.494 e. The van der Waals surface area contributed by atoms with Gasteiger partial charge in [-0.05, 0) is 72.0 Å². The molecule has 180 valence electrons. The Balaban J connectivity index is 1.49. The van der Waals surface area contributed by atoms with E-state index in [1.54, 1.807) is 0 Å². The van der Waals surface area contributed by atoms with E-state index >= 15 is 0 Å². The van der Waals surface area contributed by atoms with Crippen molar-refractivity contribution in [3.63, 3.8) is 0 Å². The maximum atomic E-state index is 5.96. The van der Waals surface area contributed by atoms with E-state index < -0.39 is 0 Å². The molecule has 0 saturated carbocycles. The van der Waals surface area contributed by atoms with Crippen molar-refractivity contribution in [2.24, 2.45) is 0 Å². The third-order valence-electron chi connectivity index (χ3n) is 6.45. The summed E-state index contributed by atoms with van der Waals surface area (Å²) in [6.07, 6.45) is 15.6. The first kappa shape index (κ1) is 25.9. The number of benzene rings is 3. The minimum atomic E-state index is 0.802. The van der Waals surface area contributed by atoms with Crippen LogP contribution in [0.15, 0.2) is 60.7 Å². The summed E-state index contributed by atoms with van der Waals surface area (Å²) in [5.41, 5.74) is 3.55. The summed E-state index contributed by atoms with van der Waals surface area (Å²) in [4.78, 5) is 0. The van der Waals surface area contributed by atoms with Gasteiger partial charge in [-0.2, -0.15) is 0 Å². The molecular formula is C33H42O. The maximum absolute atomic E-state index is 5.96. The number of unbranched alkanes of at least 4 members (excludes halogenated alkanes) is 9. The summed E-state index contributed by atoms with van der Waals surface area (Å²) < 4.78 is 5.96. The second-order valence-electron chi connectivity index (χ2n) is 9.45. The molecule has 0 spiro atoms. The molecule has 0 aliphatic heterocycles. The molecular weight excluding hydrogens is 412 g/mol. The largest absolute Gasteiger partial charge is 0.494 e. The summed E-state index contributed by atoms with van der Waals surface area (Å²) in [5, 5.41) is 2.41. The SMILES string of the molecule is CCCCCCCCc1ccc(C#Cc2ccc3cc(OCCCCCCC)ccc3c2)cc1.